The third-order valence-corrected chi connectivity index (χ3v) is 3.80. The molecule has 2 N–H and O–H groups in total. The monoisotopic (exact) mass is 299 g/mol. The van der Waals surface area contributed by atoms with E-state index in [2.05, 4.69) is 15.9 Å². The van der Waals surface area contributed by atoms with E-state index in [0.29, 0.717) is 12.5 Å². The lowest BCUT2D eigenvalue weighted by Crippen LogP contribution is -2.19. The van der Waals surface area contributed by atoms with E-state index in [-0.39, 0.29) is 0 Å². The molecule has 0 spiro atoms. The second-order valence-corrected chi connectivity index (χ2v) is 5.28. The topological polar surface area (TPSA) is 44.5 Å². The molecule has 1 fully saturated rings. The van der Waals surface area contributed by atoms with Gasteiger partial charge in [-0.05, 0) is 52.4 Å². The van der Waals surface area contributed by atoms with Gasteiger partial charge in [0.1, 0.15) is 0 Å². The summed E-state index contributed by atoms with van der Waals surface area (Å²) in [4.78, 5) is 0. The van der Waals surface area contributed by atoms with Gasteiger partial charge in [0, 0.05) is 6.54 Å². The van der Waals surface area contributed by atoms with Crippen molar-refractivity contribution in [3.63, 3.8) is 0 Å². The molecule has 0 bridgehead atoms. The molecule has 0 unspecified atom stereocenters. The molecule has 0 heterocycles. The first-order valence-electron chi connectivity index (χ1n) is 5.94. The van der Waals surface area contributed by atoms with Gasteiger partial charge in [-0.1, -0.05) is 6.42 Å². The fraction of sp³-hybridized carbons (Fsp3) is 0.538. The average molecular weight is 300 g/mol. The normalized spacial score (nSPS) is 15.5. The lowest BCUT2D eigenvalue weighted by Gasteiger charge is -2.26. The Morgan fingerprint density at radius 1 is 1.41 bits per heavy atom. The van der Waals surface area contributed by atoms with Gasteiger partial charge < -0.3 is 15.2 Å². The van der Waals surface area contributed by atoms with Crippen LogP contribution >= 0.6 is 15.9 Å². The Kier molecular flexibility index (Phi) is 4.29. The van der Waals surface area contributed by atoms with Crippen molar-refractivity contribution in [1.82, 2.24) is 0 Å². The molecule has 1 aromatic carbocycles. The summed E-state index contributed by atoms with van der Waals surface area (Å²) in [6.45, 7) is 1.27. The molecule has 0 atom stereocenters. The van der Waals surface area contributed by atoms with Gasteiger partial charge in [0.25, 0.3) is 0 Å². The van der Waals surface area contributed by atoms with Crippen molar-refractivity contribution < 1.29 is 9.47 Å². The molecule has 1 aliphatic rings. The molecule has 4 heteroatoms. The molecule has 0 radical (unpaired) electrons. The van der Waals surface area contributed by atoms with Crippen LogP contribution in [0.15, 0.2) is 16.6 Å². The number of hydrogen-bond donors (Lipinski definition) is 1. The quantitative estimate of drug-likeness (QED) is 0.909. The van der Waals surface area contributed by atoms with Gasteiger partial charge >= 0.3 is 0 Å². The smallest absolute Gasteiger partial charge is 0.175 e. The van der Waals surface area contributed by atoms with Crippen LogP contribution in [0.2, 0.25) is 0 Å². The number of benzene rings is 1. The summed E-state index contributed by atoms with van der Waals surface area (Å²) in [6, 6.07) is 3.92. The zero-order valence-electron chi connectivity index (χ0n) is 10.0. The minimum atomic E-state index is 0.498. The van der Waals surface area contributed by atoms with E-state index in [1.807, 2.05) is 12.1 Å². The molecule has 0 amide bonds. The maximum atomic E-state index is 5.85. The third kappa shape index (κ3) is 2.93. The first kappa shape index (κ1) is 12.7. The Bertz CT molecular complexity index is 391. The van der Waals surface area contributed by atoms with Crippen molar-refractivity contribution in [3.05, 3.63) is 22.2 Å². The second kappa shape index (κ2) is 5.74. The lowest BCUT2D eigenvalue weighted by molar-refractivity contribution is 0.175. The largest absolute Gasteiger partial charge is 0.493 e. The Morgan fingerprint density at radius 3 is 2.71 bits per heavy atom. The van der Waals surface area contributed by atoms with Gasteiger partial charge in [0.15, 0.2) is 11.5 Å². The lowest BCUT2D eigenvalue weighted by atomic mass is 9.86. The summed E-state index contributed by atoms with van der Waals surface area (Å²) in [6.07, 6.45) is 3.89. The van der Waals surface area contributed by atoms with Gasteiger partial charge in [-0.2, -0.15) is 0 Å². The van der Waals surface area contributed by atoms with Crippen LogP contribution in [0.5, 0.6) is 11.5 Å². The third-order valence-electron chi connectivity index (χ3n) is 3.21. The zero-order chi connectivity index (χ0) is 12.3. The Morgan fingerprint density at radius 2 is 2.18 bits per heavy atom. The van der Waals surface area contributed by atoms with E-state index in [0.717, 1.165) is 28.1 Å². The minimum absolute atomic E-state index is 0.498. The fourth-order valence-electron chi connectivity index (χ4n) is 1.89. The van der Waals surface area contributed by atoms with Crippen LogP contribution in [-0.4, -0.2) is 13.7 Å². The predicted octanol–water partition coefficient (Wildman–Crippen LogP) is 3.10. The van der Waals surface area contributed by atoms with Gasteiger partial charge in [0.05, 0.1) is 18.2 Å². The minimum Gasteiger partial charge on any atom is -0.493 e. The highest BCUT2D eigenvalue weighted by Gasteiger charge is 2.20. The summed E-state index contributed by atoms with van der Waals surface area (Å²) in [5.74, 6) is 2.25. The number of ether oxygens (including phenoxy) is 2. The molecule has 1 aliphatic carbocycles. The van der Waals surface area contributed by atoms with Crippen LogP contribution in [0.1, 0.15) is 24.8 Å². The highest BCUT2D eigenvalue weighted by atomic mass is 79.9. The van der Waals surface area contributed by atoms with E-state index in [1.165, 1.54) is 19.3 Å². The molecule has 1 saturated carbocycles. The van der Waals surface area contributed by atoms with Gasteiger partial charge in [-0.25, -0.2) is 0 Å². The summed E-state index contributed by atoms with van der Waals surface area (Å²) >= 11 is 3.51. The van der Waals surface area contributed by atoms with Crippen LogP contribution in [-0.2, 0) is 6.54 Å². The van der Waals surface area contributed by atoms with Crippen molar-refractivity contribution in [3.8, 4) is 11.5 Å². The van der Waals surface area contributed by atoms with E-state index in [4.69, 9.17) is 15.2 Å². The number of nitrogens with two attached hydrogens (primary N) is 1. The number of methoxy groups -OCH3 is 1. The van der Waals surface area contributed by atoms with Gasteiger partial charge in [-0.3, -0.25) is 0 Å². The van der Waals surface area contributed by atoms with E-state index < -0.39 is 0 Å². The Labute approximate surface area is 110 Å². The van der Waals surface area contributed by atoms with Crippen LogP contribution in [0.25, 0.3) is 0 Å². The second-order valence-electron chi connectivity index (χ2n) is 4.42. The molecule has 94 valence electrons. The summed E-state index contributed by atoms with van der Waals surface area (Å²) < 4.78 is 12.1. The average Bonchev–Trinajstić information content (AvgIpc) is 2.28. The molecular weight excluding hydrogens is 282 g/mol. The van der Waals surface area contributed by atoms with Gasteiger partial charge in [-0.15, -0.1) is 0 Å². The van der Waals surface area contributed by atoms with E-state index in [1.54, 1.807) is 7.11 Å². The molecule has 0 aromatic heterocycles. The first-order chi connectivity index (χ1) is 8.24. The summed E-state index contributed by atoms with van der Waals surface area (Å²) in [5.41, 5.74) is 6.66. The van der Waals surface area contributed by atoms with Crippen molar-refractivity contribution in [2.75, 3.05) is 13.7 Å². The molecule has 17 heavy (non-hydrogen) atoms. The SMILES string of the molecule is COc1cc(CN)cc(Br)c1OCC1CCC1. The van der Waals surface area contributed by atoms with Crippen LogP contribution < -0.4 is 15.2 Å². The summed E-state index contributed by atoms with van der Waals surface area (Å²) in [7, 11) is 1.65. The Balaban J connectivity index is 2.12. The highest BCUT2D eigenvalue weighted by molar-refractivity contribution is 9.10. The van der Waals surface area contributed by atoms with E-state index >= 15 is 0 Å². The molecule has 0 saturated heterocycles. The first-order valence-corrected chi connectivity index (χ1v) is 6.73. The number of rotatable bonds is 5. The Hall–Kier alpha value is -0.740. The van der Waals surface area contributed by atoms with Crippen LogP contribution in [0.4, 0.5) is 0 Å². The zero-order valence-corrected chi connectivity index (χ0v) is 11.6. The van der Waals surface area contributed by atoms with Crippen molar-refractivity contribution in [2.45, 2.75) is 25.8 Å². The fourth-order valence-corrected chi connectivity index (χ4v) is 2.50. The molecule has 2 rings (SSSR count). The predicted molar refractivity (Wildman–Crippen MR) is 71.4 cm³/mol. The maximum Gasteiger partial charge on any atom is 0.175 e. The standard InChI is InChI=1S/C13H18BrNO2/c1-16-12-6-10(7-15)5-11(14)13(12)17-8-9-3-2-4-9/h5-6,9H,2-4,7-8,15H2,1H3. The highest BCUT2D eigenvalue weighted by Crippen LogP contribution is 2.38. The van der Waals surface area contributed by atoms with E-state index in [9.17, 15) is 0 Å². The summed E-state index contributed by atoms with van der Waals surface area (Å²) in [5, 5.41) is 0. The van der Waals surface area contributed by atoms with Crippen molar-refractivity contribution >= 4 is 15.9 Å². The number of halogens is 1. The van der Waals surface area contributed by atoms with Crippen molar-refractivity contribution in [2.24, 2.45) is 11.7 Å². The number of hydrogen-bond acceptors (Lipinski definition) is 3. The molecule has 3 nitrogen and oxygen atoms in total. The molecule has 1 aromatic rings. The van der Waals surface area contributed by atoms with Crippen LogP contribution in [0.3, 0.4) is 0 Å². The van der Waals surface area contributed by atoms with Crippen molar-refractivity contribution in [1.29, 1.82) is 0 Å². The molecule has 0 aliphatic heterocycles. The molecular formula is C13H18BrNO2. The maximum absolute atomic E-state index is 5.85. The van der Waals surface area contributed by atoms with Gasteiger partial charge in [0.2, 0.25) is 0 Å². The van der Waals surface area contributed by atoms with Crippen LogP contribution in [0, 0.1) is 5.92 Å².